The summed E-state index contributed by atoms with van der Waals surface area (Å²) in [6, 6.07) is 8.65. The van der Waals surface area contributed by atoms with Crippen LogP contribution in [0.1, 0.15) is 22.5 Å². The first kappa shape index (κ1) is 17.4. The van der Waals surface area contributed by atoms with Crippen molar-refractivity contribution in [1.82, 2.24) is 10.6 Å². The number of amides is 2. The highest BCUT2D eigenvalue weighted by Crippen LogP contribution is 2.30. The highest BCUT2D eigenvalue weighted by molar-refractivity contribution is 5.91. The number of hydrogen-bond donors (Lipinski definition) is 2. The minimum absolute atomic E-state index is 0.165. The Morgan fingerprint density at radius 3 is 2.58 bits per heavy atom. The SMILES string of the molecule is COc1cccc(CNC(=O)CCNC(=O)c2ccco2)c1OC. The molecule has 0 spiro atoms. The lowest BCUT2D eigenvalue weighted by molar-refractivity contribution is -0.121. The fraction of sp³-hybridized carbons (Fsp3) is 0.294. The standard InChI is InChI=1S/C17H20N2O5/c1-22-13-6-3-5-12(16(13)23-2)11-19-15(20)8-9-18-17(21)14-7-4-10-24-14/h3-7,10H,8-9,11H2,1-2H3,(H,18,21)(H,19,20). The molecule has 0 unspecified atom stereocenters. The van der Waals surface area contributed by atoms with Gasteiger partial charge < -0.3 is 24.5 Å². The van der Waals surface area contributed by atoms with Crippen LogP contribution < -0.4 is 20.1 Å². The van der Waals surface area contributed by atoms with Crippen LogP contribution in [0, 0.1) is 0 Å². The summed E-state index contributed by atoms with van der Waals surface area (Å²) in [6.45, 7) is 0.534. The second kappa shape index (κ2) is 8.61. The zero-order valence-electron chi connectivity index (χ0n) is 13.6. The van der Waals surface area contributed by atoms with Gasteiger partial charge in [0.1, 0.15) is 0 Å². The smallest absolute Gasteiger partial charge is 0.286 e. The third-order valence-corrected chi connectivity index (χ3v) is 3.34. The number of carbonyl (C=O) groups is 2. The number of furan rings is 1. The molecule has 0 atom stereocenters. The Bertz CT molecular complexity index is 682. The van der Waals surface area contributed by atoms with E-state index in [9.17, 15) is 9.59 Å². The van der Waals surface area contributed by atoms with Crippen LogP contribution in [0.25, 0.3) is 0 Å². The molecular weight excluding hydrogens is 312 g/mol. The minimum atomic E-state index is -0.345. The van der Waals surface area contributed by atoms with Crippen LogP contribution in [0.5, 0.6) is 11.5 Å². The molecule has 2 rings (SSSR count). The Kier molecular flexibility index (Phi) is 6.24. The first-order valence-corrected chi connectivity index (χ1v) is 7.44. The van der Waals surface area contributed by atoms with Gasteiger partial charge in [-0.05, 0) is 18.2 Å². The summed E-state index contributed by atoms with van der Waals surface area (Å²) >= 11 is 0. The number of para-hydroxylation sites is 1. The fourth-order valence-electron chi connectivity index (χ4n) is 2.16. The summed E-state index contributed by atoms with van der Waals surface area (Å²) in [5, 5.41) is 5.40. The molecule has 7 nitrogen and oxygen atoms in total. The van der Waals surface area contributed by atoms with Gasteiger partial charge in [0.05, 0.1) is 20.5 Å². The van der Waals surface area contributed by atoms with E-state index in [1.54, 1.807) is 32.4 Å². The Balaban J connectivity index is 1.78. The molecule has 1 aromatic carbocycles. The Hall–Kier alpha value is -2.96. The van der Waals surface area contributed by atoms with Gasteiger partial charge in [0.25, 0.3) is 5.91 Å². The predicted molar refractivity (Wildman–Crippen MR) is 87.1 cm³/mol. The monoisotopic (exact) mass is 332 g/mol. The molecule has 0 fully saturated rings. The molecular formula is C17H20N2O5. The van der Waals surface area contributed by atoms with Crippen LogP contribution in [-0.4, -0.2) is 32.6 Å². The van der Waals surface area contributed by atoms with Gasteiger partial charge in [0, 0.05) is 25.1 Å². The molecule has 0 aliphatic heterocycles. The molecule has 0 aliphatic rings. The summed E-state index contributed by atoms with van der Waals surface area (Å²) in [5.41, 5.74) is 0.810. The normalized spacial score (nSPS) is 10.1. The average molecular weight is 332 g/mol. The molecule has 0 radical (unpaired) electrons. The van der Waals surface area contributed by atoms with Crippen molar-refractivity contribution >= 4 is 11.8 Å². The maximum absolute atomic E-state index is 11.9. The van der Waals surface area contributed by atoms with E-state index in [0.29, 0.717) is 18.0 Å². The van der Waals surface area contributed by atoms with E-state index in [1.807, 2.05) is 12.1 Å². The average Bonchev–Trinajstić information content (AvgIpc) is 3.14. The first-order valence-electron chi connectivity index (χ1n) is 7.44. The van der Waals surface area contributed by atoms with Gasteiger partial charge in [-0.2, -0.15) is 0 Å². The van der Waals surface area contributed by atoms with Crippen molar-refractivity contribution in [3.63, 3.8) is 0 Å². The van der Waals surface area contributed by atoms with Gasteiger partial charge in [0.15, 0.2) is 17.3 Å². The zero-order chi connectivity index (χ0) is 17.4. The molecule has 0 saturated heterocycles. The van der Waals surface area contributed by atoms with Crippen molar-refractivity contribution in [2.45, 2.75) is 13.0 Å². The van der Waals surface area contributed by atoms with Gasteiger partial charge in [-0.25, -0.2) is 0 Å². The number of benzene rings is 1. The molecule has 2 N–H and O–H groups in total. The first-order chi connectivity index (χ1) is 11.7. The summed E-state index contributed by atoms with van der Waals surface area (Å²) < 4.78 is 15.5. The molecule has 24 heavy (non-hydrogen) atoms. The number of carbonyl (C=O) groups excluding carboxylic acids is 2. The van der Waals surface area contributed by atoms with Crippen molar-refractivity contribution in [2.24, 2.45) is 0 Å². The Labute approximate surface area is 139 Å². The van der Waals surface area contributed by atoms with Crippen LogP contribution in [0.4, 0.5) is 0 Å². The van der Waals surface area contributed by atoms with Crippen molar-refractivity contribution in [3.8, 4) is 11.5 Å². The van der Waals surface area contributed by atoms with E-state index in [0.717, 1.165) is 5.56 Å². The van der Waals surface area contributed by atoms with E-state index in [4.69, 9.17) is 13.9 Å². The summed E-state index contributed by atoms with van der Waals surface area (Å²) in [7, 11) is 3.11. The molecule has 1 aromatic heterocycles. The van der Waals surface area contributed by atoms with E-state index < -0.39 is 0 Å². The van der Waals surface area contributed by atoms with Crippen molar-refractivity contribution < 1.29 is 23.5 Å². The molecule has 7 heteroatoms. The molecule has 0 bridgehead atoms. The predicted octanol–water partition coefficient (Wildman–Crippen LogP) is 1.73. The molecule has 2 aromatic rings. The van der Waals surface area contributed by atoms with E-state index in [-0.39, 0.29) is 30.5 Å². The van der Waals surface area contributed by atoms with Crippen molar-refractivity contribution in [3.05, 3.63) is 47.9 Å². The third-order valence-electron chi connectivity index (χ3n) is 3.34. The number of hydrogen-bond acceptors (Lipinski definition) is 5. The van der Waals surface area contributed by atoms with Crippen molar-refractivity contribution in [2.75, 3.05) is 20.8 Å². The molecule has 0 saturated carbocycles. The highest BCUT2D eigenvalue weighted by Gasteiger charge is 2.11. The topological polar surface area (TPSA) is 89.8 Å². The zero-order valence-corrected chi connectivity index (χ0v) is 13.6. The summed E-state index contributed by atoms with van der Waals surface area (Å²) in [4.78, 5) is 23.5. The van der Waals surface area contributed by atoms with Crippen molar-refractivity contribution in [1.29, 1.82) is 0 Å². The maximum atomic E-state index is 11.9. The lowest BCUT2D eigenvalue weighted by atomic mass is 10.2. The molecule has 0 aliphatic carbocycles. The van der Waals surface area contributed by atoms with Crippen LogP contribution >= 0.6 is 0 Å². The quantitative estimate of drug-likeness (QED) is 0.768. The van der Waals surface area contributed by atoms with E-state index in [1.165, 1.54) is 6.26 Å². The molecule has 1 heterocycles. The van der Waals surface area contributed by atoms with Crippen LogP contribution in [-0.2, 0) is 11.3 Å². The van der Waals surface area contributed by atoms with Crippen LogP contribution in [0.2, 0.25) is 0 Å². The van der Waals surface area contributed by atoms with Gasteiger partial charge in [-0.3, -0.25) is 9.59 Å². The summed E-state index contributed by atoms with van der Waals surface area (Å²) in [6.07, 6.45) is 1.59. The molecule has 128 valence electrons. The largest absolute Gasteiger partial charge is 0.493 e. The van der Waals surface area contributed by atoms with Gasteiger partial charge in [-0.15, -0.1) is 0 Å². The van der Waals surface area contributed by atoms with E-state index in [2.05, 4.69) is 10.6 Å². The number of nitrogens with one attached hydrogen (secondary N) is 2. The Morgan fingerprint density at radius 1 is 1.08 bits per heavy atom. The van der Waals surface area contributed by atoms with Crippen LogP contribution in [0.15, 0.2) is 41.0 Å². The number of rotatable bonds is 8. The number of methoxy groups -OCH3 is 2. The third kappa shape index (κ3) is 4.52. The number of ether oxygens (including phenoxy) is 2. The maximum Gasteiger partial charge on any atom is 0.286 e. The Morgan fingerprint density at radius 2 is 1.92 bits per heavy atom. The fourth-order valence-corrected chi connectivity index (χ4v) is 2.16. The molecule has 2 amide bonds. The second-order valence-electron chi connectivity index (χ2n) is 4.91. The lowest BCUT2D eigenvalue weighted by Crippen LogP contribution is -2.30. The van der Waals surface area contributed by atoms with Gasteiger partial charge >= 0.3 is 0 Å². The van der Waals surface area contributed by atoms with Gasteiger partial charge in [-0.1, -0.05) is 12.1 Å². The minimum Gasteiger partial charge on any atom is -0.493 e. The highest BCUT2D eigenvalue weighted by atomic mass is 16.5. The van der Waals surface area contributed by atoms with Gasteiger partial charge in [0.2, 0.25) is 5.91 Å². The lowest BCUT2D eigenvalue weighted by Gasteiger charge is -2.13. The van der Waals surface area contributed by atoms with Crippen LogP contribution in [0.3, 0.4) is 0 Å². The van der Waals surface area contributed by atoms with E-state index >= 15 is 0 Å². The summed E-state index contributed by atoms with van der Waals surface area (Å²) in [5.74, 6) is 0.889. The second-order valence-corrected chi connectivity index (χ2v) is 4.91.